The summed E-state index contributed by atoms with van der Waals surface area (Å²) in [6.07, 6.45) is 3.76. The second-order valence-corrected chi connectivity index (χ2v) is 11.7. The second kappa shape index (κ2) is 8.98. The van der Waals surface area contributed by atoms with E-state index in [1.54, 1.807) is 10.8 Å². The second-order valence-electron chi connectivity index (χ2n) is 9.48. The highest BCUT2D eigenvalue weighted by Gasteiger charge is 2.32. The van der Waals surface area contributed by atoms with Gasteiger partial charge in [0.05, 0.1) is 23.2 Å². The molecule has 0 bridgehead atoms. The van der Waals surface area contributed by atoms with Crippen LogP contribution >= 0.6 is 0 Å². The molecule has 2 aromatic carbocycles. The average molecular weight is 464 g/mol. The van der Waals surface area contributed by atoms with Gasteiger partial charge >= 0.3 is 0 Å². The Kier molecular flexibility index (Phi) is 6.26. The molecule has 6 nitrogen and oxygen atoms in total. The molecule has 7 heteroatoms. The molecule has 1 fully saturated rings. The van der Waals surface area contributed by atoms with Crippen LogP contribution in [0.5, 0.6) is 0 Å². The molecular formula is C26H29N3O3S. The standard InChI is InChI=1S/C26H29N3O3S/c1-26(2,3)23-17-24(29(28-23)22-14-15-33(31,32)18-22)27-25(30)13-12-19-8-7-11-21(16-19)20-9-5-4-6-10-20/h4-13,16-17,22H,14-15,18H2,1-3H3,(H,27,30)/b13-12+. The van der Waals surface area contributed by atoms with Gasteiger partial charge in [-0.15, -0.1) is 0 Å². The molecule has 1 aromatic heterocycles. The van der Waals surface area contributed by atoms with E-state index in [1.165, 1.54) is 6.08 Å². The minimum atomic E-state index is -3.08. The number of benzene rings is 2. The summed E-state index contributed by atoms with van der Waals surface area (Å²) >= 11 is 0. The maximum Gasteiger partial charge on any atom is 0.249 e. The lowest BCUT2D eigenvalue weighted by Gasteiger charge is -2.15. The van der Waals surface area contributed by atoms with Crippen LogP contribution in [0.2, 0.25) is 0 Å². The summed E-state index contributed by atoms with van der Waals surface area (Å²) in [5, 5.41) is 7.56. The van der Waals surface area contributed by atoms with E-state index in [2.05, 4.69) is 10.4 Å². The van der Waals surface area contributed by atoms with E-state index >= 15 is 0 Å². The van der Waals surface area contributed by atoms with Crippen LogP contribution in [0, 0.1) is 0 Å². The Balaban J connectivity index is 1.54. The van der Waals surface area contributed by atoms with Gasteiger partial charge in [-0.1, -0.05) is 69.3 Å². The summed E-state index contributed by atoms with van der Waals surface area (Å²) in [5.74, 6) is 0.425. The highest BCUT2D eigenvalue weighted by molar-refractivity contribution is 7.91. The van der Waals surface area contributed by atoms with Crippen molar-refractivity contribution in [2.45, 2.75) is 38.6 Å². The van der Waals surface area contributed by atoms with E-state index in [4.69, 9.17) is 0 Å². The molecule has 0 saturated carbocycles. The normalized spacial score (nSPS) is 18.0. The van der Waals surface area contributed by atoms with Crippen LogP contribution in [-0.2, 0) is 20.0 Å². The molecule has 1 saturated heterocycles. The minimum absolute atomic E-state index is 0.0449. The number of anilines is 1. The Hall–Kier alpha value is -3.19. The van der Waals surface area contributed by atoms with Gasteiger partial charge in [-0.05, 0) is 35.3 Å². The number of amides is 1. The number of hydrogen-bond donors (Lipinski definition) is 1. The topological polar surface area (TPSA) is 81.1 Å². The van der Waals surface area contributed by atoms with E-state index < -0.39 is 9.84 Å². The largest absolute Gasteiger partial charge is 0.307 e. The van der Waals surface area contributed by atoms with Gasteiger partial charge in [0.1, 0.15) is 5.82 Å². The van der Waals surface area contributed by atoms with Gasteiger partial charge in [0.25, 0.3) is 0 Å². The molecule has 3 aromatic rings. The summed E-state index contributed by atoms with van der Waals surface area (Å²) in [5.41, 5.74) is 3.69. The molecule has 1 N–H and O–H groups in total. The summed E-state index contributed by atoms with van der Waals surface area (Å²) in [6, 6.07) is 19.6. The number of rotatable bonds is 5. The van der Waals surface area contributed by atoms with Crippen molar-refractivity contribution in [3.05, 3.63) is 78.0 Å². The molecule has 0 aliphatic carbocycles. The smallest absolute Gasteiger partial charge is 0.249 e. The van der Waals surface area contributed by atoms with Crippen LogP contribution in [0.1, 0.15) is 44.5 Å². The molecule has 1 atom stereocenters. The van der Waals surface area contributed by atoms with Gasteiger partial charge in [0.15, 0.2) is 9.84 Å². The van der Waals surface area contributed by atoms with Crippen molar-refractivity contribution >= 4 is 27.6 Å². The third-order valence-corrected chi connectivity index (χ3v) is 7.48. The Labute approximate surface area is 195 Å². The zero-order valence-corrected chi connectivity index (χ0v) is 20.0. The van der Waals surface area contributed by atoms with Crippen molar-refractivity contribution in [2.75, 3.05) is 16.8 Å². The van der Waals surface area contributed by atoms with Crippen molar-refractivity contribution in [1.82, 2.24) is 9.78 Å². The molecule has 1 unspecified atom stereocenters. The van der Waals surface area contributed by atoms with Gasteiger partial charge in [-0.25, -0.2) is 13.1 Å². The van der Waals surface area contributed by atoms with Crippen molar-refractivity contribution in [3.8, 4) is 11.1 Å². The van der Waals surface area contributed by atoms with Crippen molar-refractivity contribution < 1.29 is 13.2 Å². The molecule has 2 heterocycles. The quantitative estimate of drug-likeness (QED) is 0.548. The molecule has 0 spiro atoms. The van der Waals surface area contributed by atoms with Crippen LogP contribution in [0.4, 0.5) is 5.82 Å². The molecule has 4 rings (SSSR count). The Morgan fingerprint density at radius 1 is 1.06 bits per heavy atom. The summed E-state index contributed by atoms with van der Waals surface area (Å²) in [4.78, 5) is 12.7. The lowest BCUT2D eigenvalue weighted by atomic mass is 9.92. The van der Waals surface area contributed by atoms with Gasteiger partial charge in [0.2, 0.25) is 5.91 Å². The number of carbonyl (C=O) groups excluding carboxylic acids is 1. The zero-order chi connectivity index (χ0) is 23.6. The van der Waals surface area contributed by atoms with Crippen LogP contribution in [-0.4, -0.2) is 35.6 Å². The Morgan fingerprint density at radius 2 is 1.79 bits per heavy atom. The highest BCUT2D eigenvalue weighted by atomic mass is 32.2. The number of nitrogens with zero attached hydrogens (tertiary/aromatic N) is 2. The van der Waals surface area contributed by atoms with E-state index in [1.807, 2.05) is 81.4 Å². The molecule has 0 radical (unpaired) electrons. The van der Waals surface area contributed by atoms with E-state index in [0.717, 1.165) is 22.4 Å². The van der Waals surface area contributed by atoms with Crippen molar-refractivity contribution in [2.24, 2.45) is 0 Å². The van der Waals surface area contributed by atoms with Gasteiger partial charge < -0.3 is 5.32 Å². The molecule has 172 valence electrons. The monoisotopic (exact) mass is 463 g/mol. The molecule has 1 aliphatic heterocycles. The molecular weight excluding hydrogens is 434 g/mol. The number of aromatic nitrogens is 2. The van der Waals surface area contributed by atoms with Crippen molar-refractivity contribution in [3.63, 3.8) is 0 Å². The van der Waals surface area contributed by atoms with Gasteiger partial charge in [-0.2, -0.15) is 5.10 Å². The number of carbonyl (C=O) groups is 1. The number of sulfone groups is 1. The van der Waals surface area contributed by atoms with Crippen LogP contribution in [0.25, 0.3) is 17.2 Å². The number of nitrogens with one attached hydrogen (secondary N) is 1. The maximum absolute atomic E-state index is 12.7. The first-order valence-corrected chi connectivity index (χ1v) is 12.9. The third kappa shape index (κ3) is 5.60. The van der Waals surface area contributed by atoms with Crippen LogP contribution in [0.15, 0.2) is 66.7 Å². The fourth-order valence-corrected chi connectivity index (χ4v) is 5.59. The summed E-state index contributed by atoms with van der Waals surface area (Å²) < 4.78 is 25.7. The van der Waals surface area contributed by atoms with E-state index in [-0.39, 0.29) is 28.9 Å². The highest BCUT2D eigenvalue weighted by Crippen LogP contribution is 2.31. The lowest BCUT2D eigenvalue weighted by molar-refractivity contribution is -0.111. The van der Waals surface area contributed by atoms with Crippen LogP contribution in [0.3, 0.4) is 0 Å². The summed E-state index contributed by atoms with van der Waals surface area (Å²) in [7, 11) is -3.08. The van der Waals surface area contributed by atoms with E-state index in [0.29, 0.717) is 12.2 Å². The van der Waals surface area contributed by atoms with Crippen LogP contribution < -0.4 is 5.32 Å². The number of hydrogen-bond acceptors (Lipinski definition) is 4. The minimum Gasteiger partial charge on any atom is -0.307 e. The zero-order valence-electron chi connectivity index (χ0n) is 19.2. The van der Waals surface area contributed by atoms with Gasteiger partial charge in [-0.3, -0.25) is 4.79 Å². The van der Waals surface area contributed by atoms with Crippen molar-refractivity contribution in [1.29, 1.82) is 0 Å². The predicted octanol–water partition coefficient (Wildman–Crippen LogP) is 4.86. The first kappa shape index (κ1) is 23.0. The lowest BCUT2D eigenvalue weighted by Crippen LogP contribution is -2.19. The average Bonchev–Trinajstić information content (AvgIpc) is 3.36. The third-order valence-electron chi connectivity index (χ3n) is 5.73. The molecule has 1 aliphatic rings. The first-order valence-electron chi connectivity index (χ1n) is 11.1. The molecule has 1 amide bonds. The Morgan fingerprint density at radius 3 is 2.45 bits per heavy atom. The van der Waals surface area contributed by atoms with E-state index in [9.17, 15) is 13.2 Å². The Bertz CT molecular complexity index is 1290. The fraction of sp³-hybridized carbons (Fsp3) is 0.308. The van der Waals surface area contributed by atoms with Gasteiger partial charge in [0, 0.05) is 17.6 Å². The maximum atomic E-state index is 12.7. The SMILES string of the molecule is CC(C)(C)c1cc(NC(=O)/C=C/c2cccc(-c3ccccc3)c2)n(C2CCS(=O)(=O)C2)n1. The predicted molar refractivity (Wildman–Crippen MR) is 133 cm³/mol. The molecule has 33 heavy (non-hydrogen) atoms. The first-order chi connectivity index (χ1) is 15.6. The summed E-state index contributed by atoms with van der Waals surface area (Å²) in [6.45, 7) is 6.11. The fourth-order valence-electron chi connectivity index (χ4n) is 3.89.